The average Bonchev–Trinajstić information content (AvgIpc) is 3.16. The van der Waals surface area contributed by atoms with Gasteiger partial charge in [-0.3, -0.25) is 19.9 Å². The smallest absolute Gasteiger partial charge is 0.328 e. The van der Waals surface area contributed by atoms with Crippen LogP contribution in [0.4, 0.5) is 10.5 Å². The molecule has 3 saturated heterocycles. The summed E-state index contributed by atoms with van der Waals surface area (Å²) in [4.78, 5) is 34.6. The van der Waals surface area contributed by atoms with Gasteiger partial charge < -0.3 is 9.80 Å². The van der Waals surface area contributed by atoms with Crippen LogP contribution in [0.25, 0.3) is 0 Å². The Kier molecular flexibility index (Phi) is 5.18. The minimum absolute atomic E-state index is 0.116. The summed E-state index contributed by atoms with van der Waals surface area (Å²) < 4.78 is 0. The van der Waals surface area contributed by atoms with Crippen LogP contribution in [0.2, 0.25) is 0 Å². The van der Waals surface area contributed by atoms with E-state index in [4.69, 9.17) is 0 Å². The number of hydrogen-bond donors (Lipinski definition) is 1. The van der Waals surface area contributed by atoms with Crippen molar-refractivity contribution in [3.05, 3.63) is 65.2 Å². The van der Waals surface area contributed by atoms with E-state index in [0.717, 1.165) is 29.9 Å². The quantitative estimate of drug-likeness (QED) is 0.807. The number of carbonyl (C=O) groups is 2. The van der Waals surface area contributed by atoms with E-state index < -0.39 is 6.04 Å². The van der Waals surface area contributed by atoms with Crippen LogP contribution in [0.3, 0.4) is 0 Å². The molecule has 4 unspecified atom stereocenters. The van der Waals surface area contributed by atoms with Gasteiger partial charge in [-0.1, -0.05) is 48.9 Å². The van der Waals surface area contributed by atoms with Gasteiger partial charge in [0, 0.05) is 25.8 Å². The van der Waals surface area contributed by atoms with Crippen molar-refractivity contribution in [3.8, 4) is 0 Å². The van der Waals surface area contributed by atoms with Crippen LogP contribution in [-0.4, -0.2) is 65.3 Å². The van der Waals surface area contributed by atoms with Crippen molar-refractivity contribution < 1.29 is 9.59 Å². The molecule has 3 aliphatic rings. The molecule has 4 atom stereocenters. The number of aryl methyl sites for hydroxylation is 2. The number of rotatable bonds is 3. The molecule has 0 bridgehead atoms. The number of anilines is 1. The lowest BCUT2D eigenvalue weighted by atomic mass is 10.0. The maximum Gasteiger partial charge on any atom is 0.328 e. The number of fused-ring (bicyclic) bond motifs is 3. The second-order valence-corrected chi connectivity index (χ2v) is 9.46. The van der Waals surface area contributed by atoms with Gasteiger partial charge in [-0.2, -0.15) is 0 Å². The molecule has 7 heteroatoms. The van der Waals surface area contributed by atoms with E-state index in [0.29, 0.717) is 12.5 Å². The largest absolute Gasteiger partial charge is 0.343 e. The summed E-state index contributed by atoms with van der Waals surface area (Å²) in [6.45, 7) is 8.33. The van der Waals surface area contributed by atoms with E-state index in [1.165, 1.54) is 10.5 Å². The Morgan fingerprint density at radius 2 is 1.72 bits per heavy atom. The van der Waals surface area contributed by atoms with Crippen molar-refractivity contribution in [1.29, 1.82) is 0 Å². The monoisotopic (exact) mass is 433 g/mol. The van der Waals surface area contributed by atoms with Crippen molar-refractivity contribution in [1.82, 2.24) is 20.0 Å². The highest BCUT2D eigenvalue weighted by Crippen LogP contribution is 2.35. The fourth-order valence-corrected chi connectivity index (χ4v) is 5.26. The van der Waals surface area contributed by atoms with Crippen LogP contribution in [0, 0.1) is 19.8 Å². The fraction of sp³-hybridized carbons (Fsp3) is 0.440. The van der Waals surface area contributed by atoms with E-state index in [1.54, 1.807) is 11.9 Å². The molecule has 32 heavy (non-hydrogen) atoms. The molecule has 3 heterocycles. The number of nitrogens with zero attached hydrogens (tertiary/aromatic N) is 4. The van der Waals surface area contributed by atoms with Gasteiger partial charge in [-0.25, -0.2) is 4.79 Å². The second-order valence-electron chi connectivity index (χ2n) is 9.46. The number of likely N-dealkylation sites (N-methyl/N-ethyl adjacent to an activating group) is 1. The van der Waals surface area contributed by atoms with Crippen LogP contribution in [0.1, 0.15) is 23.6 Å². The predicted octanol–water partition coefficient (Wildman–Crippen LogP) is 2.74. The average molecular weight is 434 g/mol. The minimum atomic E-state index is -0.401. The number of imide groups is 1. The Morgan fingerprint density at radius 3 is 2.44 bits per heavy atom. The molecule has 168 valence electrons. The maximum atomic E-state index is 13.7. The molecular weight excluding hydrogens is 402 g/mol. The van der Waals surface area contributed by atoms with Gasteiger partial charge >= 0.3 is 6.03 Å². The Balaban J connectivity index is 1.46. The number of urea groups is 1. The summed E-state index contributed by atoms with van der Waals surface area (Å²) in [7, 11) is 1.79. The van der Waals surface area contributed by atoms with Gasteiger partial charge in [0.25, 0.3) is 5.91 Å². The summed E-state index contributed by atoms with van der Waals surface area (Å²) in [5.41, 5.74) is 4.42. The lowest BCUT2D eigenvalue weighted by Gasteiger charge is -2.46. The number of benzene rings is 2. The first kappa shape index (κ1) is 21.0. The minimum Gasteiger partial charge on any atom is -0.343 e. The highest BCUT2D eigenvalue weighted by molar-refractivity contribution is 6.00. The normalized spacial score (nSPS) is 28.2. The van der Waals surface area contributed by atoms with Crippen LogP contribution in [0.15, 0.2) is 48.5 Å². The van der Waals surface area contributed by atoms with E-state index in [-0.39, 0.29) is 24.4 Å². The molecule has 3 aliphatic heterocycles. The molecule has 3 fully saturated rings. The molecule has 2 aromatic carbocycles. The Labute approximate surface area is 189 Å². The molecule has 3 amide bonds. The Bertz CT molecular complexity index is 1040. The van der Waals surface area contributed by atoms with E-state index in [1.807, 2.05) is 31.2 Å². The van der Waals surface area contributed by atoms with Crippen molar-refractivity contribution in [2.24, 2.45) is 5.92 Å². The van der Waals surface area contributed by atoms with Crippen LogP contribution < -0.4 is 10.2 Å². The highest BCUT2D eigenvalue weighted by atomic mass is 16.2. The first-order valence-corrected chi connectivity index (χ1v) is 11.3. The van der Waals surface area contributed by atoms with Gasteiger partial charge in [0.05, 0.1) is 6.54 Å². The topological polar surface area (TPSA) is 59.1 Å². The van der Waals surface area contributed by atoms with Crippen LogP contribution in [0.5, 0.6) is 0 Å². The number of nitrogens with one attached hydrogen (secondary N) is 1. The first-order valence-electron chi connectivity index (χ1n) is 11.3. The number of carbonyl (C=O) groups excluding carboxylic acids is 2. The summed E-state index contributed by atoms with van der Waals surface area (Å²) in [6.07, 6.45) is -0.465. The Hall–Kier alpha value is -2.90. The van der Waals surface area contributed by atoms with E-state index in [2.05, 4.69) is 53.2 Å². The molecule has 0 aromatic heterocycles. The molecule has 1 N–H and O–H groups in total. The zero-order valence-electron chi connectivity index (χ0n) is 19.2. The second kappa shape index (κ2) is 7.90. The fourth-order valence-electron chi connectivity index (χ4n) is 5.26. The zero-order chi connectivity index (χ0) is 22.6. The lowest BCUT2D eigenvalue weighted by Crippen LogP contribution is -2.66. The van der Waals surface area contributed by atoms with Crippen LogP contribution >= 0.6 is 0 Å². The summed E-state index contributed by atoms with van der Waals surface area (Å²) in [5.74, 6) is 0.281. The first-order chi connectivity index (χ1) is 15.3. The van der Waals surface area contributed by atoms with Gasteiger partial charge in [-0.15, -0.1) is 0 Å². The molecule has 5 rings (SSSR count). The molecule has 2 aromatic rings. The van der Waals surface area contributed by atoms with Crippen molar-refractivity contribution in [3.63, 3.8) is 0 Å². The molecular formula is C25H31N5O2. The molecule has 0 aliphatic carbocycles. The molecule has 0 saturated carbocycles. The summed E-state index contributed by atoms with van der Waals surface area (Å²) >= 11 is 0. The van der Waals surface area contributed by atoms with Gasteiger partial charge in [0.1, 0.15) is 18.5 Å². The third kappa shape index (κ3) is 3.36. The third-order valence-electron chi connectivity index (χ3n) is 7.04. The van der Waals surface area contributed by atoms with Gasteiger partial charge in [0.2, 0.25) is 0 Å². The van der Waals surface area contributed by atoms with E-state index in [9.17, 15) is 9.59 Å². The maximum absolute atomic E-state index is 13.7. The Morgan fingerprint density at radius 1 is 1.00 bits per heavy atom. The van der Waals surface area contributed by atoms with Crippen molar-refractivity contribution in [2.45, 2.75) is 45.8 Å². The van der Waals surface area contributed by atoms with Crippen LogP contribution in [-0.2, 0) is 11.3 Å². The van der Waals surface area contributed by atoms with Gasteiger partial charge in [0.15, 0.2) is 0 Å². The van der Waals surface area contributed by atoms with Crippen molar-refractivity contribution >= 4 is 17.6 Å². The standard InChI is InChI=1S/C25H31N5O2/c1-16-9-11-20(12-10-16)28-13-17(2)14-29-21-22(26-24(28)29)27(4)25(32)30(23(21)31)15-19-8-6-5-7-18(19)3/h5-12,17,21-22,24,26H,13-15H2,1-4H3. The molecule has 0 spiro atoms. The zero-order valence-corrected chi connectivity index (χ0v) is 19.2. The number of amides is 3. The highest BCUT2D eigenvalue weighted by Gasteiger charge is 2.56. The van der Waals surface area contributed by atoms with Crippen molar-refractivity contribution in [2.75, 3.05) is 25.0 Å². The summed E-state index contributed by atoms with van der Waals surface area (Å²) in [6, 6.07) is 15.8. The SMILES string of the molecule is Cc1ccc(N2CC(C)CN3C4C(=O)N(Cc5ccccc5C)C(=O)N(C)C4NC23)cc1. The molecule has 7 nitrogen and oxygen atoms in total. The van der Waals surface area contributed by atoms with E-state index >= 15 is 0 Å². The third-order valence-corrected chi connectivity index (χ3v) is 7.04. The number of hydrogen-bond acceptors (Lipinski definition) is 5. The van der Waals surface area contributed by atoms with Gasteiger partial charge in [-0.05, 0) is 43.0 Å². The predicted molar refractivity (Wildman–Crippen MR) is 124 cm³/mol. The lowest BCUT2D eigenvalue weighted by molar-refractivity contribution is -0.139. The summed E-state index contributed by atoms with van der Waals surface area (Å²) in [5, 5.41) is 3.59. The molecule has 0 radical (unpaired) electrons.